The molecule has 0 aromatic heterocycles. The summed E-state index contributed by atoms with van der Waals surface area (Å²) in [6.07, 6.45) is 0. The van der Waals surface area contributed by atoms with Crippen LogP contribution in [0.25, 0.3) is 0 Å². The van der Waals surface area contributed by atoms with Crippen molar-refractivity contribution in [1.29, 1.82) is 0 Å². The summed E-state index contributed by atoms with van der Waals surface area (Å²) in [4.78, 5) is 0. The molecule has 138 valence electrons. The Morgan fingerprint density at radius 2 is 0.409 bits per heavy atom. The minimum Gasteiger partial charge on any atom is -0.357 e. The average molecular weight is 479 g/mol. The van der Waals surface area contributed by atoms with Crippen molar-refractivity contribution < 1.29 is 124 Å². The third kappa shape index (κ3) is 2330. The van der Waals surface area contributed by atoms with E-state index >= 15 is 0 Å². The van der Waals surface area contributed by atoms with Crippen molar-refractivity contribution >= 4 is 33.0 Å². The summed E-state index contributed by atoms with van der Waals surface area (Å²) in [5, 5.41) is 0. The first-order valence-corrected chi connectivity index (χ1v) is 7.08. The van der Waals surface area contributed by atoms with E-state index in [1.807, 2.05) is 0 Å². The van der Waals surface area contributed by atoms with Gasteiger partial charge in [0.1, 0.15) is 0 Å². The maximum atomic E-state index is 8.52. The molecule has 0 amide bonds. The van der Waals surface area contributed by atoms with Crippen LogP contribution < -0.4 is 55.9 Å². The molecule has 0 saturated carbocycles. The molecule has 22 heteroatoms. The van der Waals surface area contributed by atoms with Crippen LogP contribution in [0.5, 0.6) is 0 Å². The van der Waals surface area contributed by atoms with E-state index in [9.17, 15) is 0 Å². The Bertz CT molecular complexity index is 86.5. The maximum absolute atomic E-state index is 8.52. The number of hydrogen-bond acceptors (Lipinski definition) is 15. The van der Waals surface area contributed by atoms with Crippen molar-refractivity contribution in [3.63, 3.8) is 0 Å². The van der Waals surface area contributed by atoms with Gasteiger partial charge in [-0.05, 0) is 0 Å². The van der Waals surface area contributed by atoms with Gasteiger partial charge in [0.2, 0.25) is 0 Å². The van der Waals surface area contributed by atoms with Crippen LogP contribution in [0.2, 0.25) is 0 Å². The van der Waals surface area contributed by atoms with E-state index in [1.165, 1.54) is 0 Å². The summed E-state index contributed by atoms with van der Waals surface area (Å²) < 4.78 is 122. The van der Waals surface area contributed by atoms with Crippen LogP contribution in [0.3, 0.4) is 0 Å². The predicted octanol–water partition coefficient (Wildman–Crippen LogP) is -16.3. The third-order valence-electron chi connectivity index (χ3n) is 0. The van der Waals surface area contributed by atoms with Crippen LogP contribution in [0.4, 0.5) is 0 Å². The van der Waals surface area contributed by atoms with Gasteiger partial charge in [0.05, 0.1) is 21.6 Å². The van der Waals surface area contributed by atoms with E-state index in [2.05, 4.69) is 0 Å². The zero-order chi connectivity index (χ0) is 17.9. The molecule has 0 aliphatic carbocycles. The molecule has 15 nitrogen and oxygen atoms in total. The fraction of sp³-hybridized carbons (Fsp3) is 0. The van der Waals surface area contributed by atoms with Crippen LogP contribution in [0, 0.1) is 53.9 Å². The first kappa shape index (κ1) is 44.0. The molecule has 0 aromatic carbocycles. The molecular weight excluding hydrogens is 473 g/mol. The molecule has 3 N–H and O–H groups in total. The largest absolute Gasteiger partial charge is 2.00 e. The Morgan fingerprint density at radius 3 is 0.409 bits per heavy atom. The van der Waals surface area contributed by atoms with E-state index < -0.39 is 53.9 Å². The first-order chi connectivity index (χ1) is 8.66. The maximum Gasteiger partial charge on any atom is 2.00 e. The van der Waals surface area contributed by atoms with Crippen molar-refractivity contribution in [2.75, 3.05) is 0 Å². The van der Waals surface area contributed by atoms with E-state index in [0.717, 1.165) is 0 Å². The van der Waals surface area contributed by atoms with Crippen molar-refractivity contribution in [2.24, 2.45) is 0 Å². The van der Waals surface area contributed by atoms with Crippen molar-refractivity contribution in [3.8, 4) is 0 Å². The van der Waals surface area contributed by atoms with Crippen LogP contribution in [-0.4, -0.2) is 37.0 Å². The molecule has 0 radical (unpaired) electrons. The van der Waals surface area contributed by atoms with Crippen LogP contribution in [-0.2, 0) is 0 Å². The molecule has 0 aliphatic heterocycles. The van der Waals surface area contributed by atoms with Crippen molar-refractivity contribution in [1.82, 2.24) is 0 Å². The molecule has 1 unspecified atom stereocenters. The summed E-state index contributed by atoms with van der Waals surface area (Å²) in [5.41, 5.74) is 0. The second-order valence-corrected chi connectivity index (χ2v) is 2.94. The van der Waals surface area contributed by atoms with Gasteiger partial charge in [0, 0.05) is 14.0 Å². The minimum absolute atomic E-state index is 0. The molecule has 0 rings (SSSR count). The predicted molar refractivity (Wildman–Crippen MR) is 23.5 cm³/mol. The summed E-state index contributed by atoms with van der Waals surface area (Å²) in [7, 11) is -13.5. The molecule has 0 aliphatic rings. The molecule has 0 bridgehead atoms. The number of rotatable bonds is 0. The fourth-order valence-corrected chi connectivity index (χ4v) is 0. The third-order valence-corrected chi connectivity index (χ3v) is 0. The van der Waals surface area contributed by atoms with Gasteiger partial charge in [-0.25, -0.2) is 0 Å². The Labute approximate surface area is 156 Å². The van der Waals surface area contributed by atoms with Gasteiger partial charge in [0.25, 0.3) is 32.4 Å². The van der Waals surface area contributed by atoms with Crippen molar-refractivity contribution in [3.05, 3.63) is 0 Å². The van der Waals surface area contributed by atoms with Gasteiger partial charge in [-0.3, -0.25) is 0 Å². The second-order valence-electron chi connectivity index (χ2n) is 0.981. The van der Waals surface area contributed by atoms with Crippen molar-refractivity contribution in [2.45, 2.75) is 0 Å². The molecule has 0 aromatic rings. The van der Waals surface area contributed by atoms with Crippen LogP contribution in [0.15, 0.2) is 0 Å². The van der Waals surface area contributed by atoms with E-state index in [4.69, 9.17) is 69.9 Å². The van der Waals surface area contributed by atoms with Gasteiger partial charge < -0.3 is 55.9 Å². The Balaban J connectivity index is -0.0000000250. The zero-order valence-corrected chi connectivity index (χ0v) is 16.2. The summed E-state index contributed by atoms with van der Waals surface area (Å²) >= 11 is 0. The van der Waals surface area contributed by atoms with Crippen LogP contribution in [0.1, 0.15) is 0 Å². The molecular formula is H6Cl5MgO15P. The smallest absolute Gasteiger partial charge is 0.357 e. The Hall–Kier alpha value is 2.05. The average Bonchev–Trinajstić information content (AvgIpc) is 1.94. The number of halogens is 5. The van der Waals surface area contributed by atoms with E-state index in [0.29, 0.717) is 0 Å². The zero-order valence-electron chi connectivity index (χ0n) is 9.54. The van der Waals surface area contributed by atoms with Gasteiger partial charge in [-0.2, -0.15) is 9.90 Å². The molecule has 0 fully saturated rings. The van der Waals surface area contributed by atoms with Gasteiger partial charge in [0.15, 0.2) is 0 Å². The minimum atomic E-state index is -2.85. The molecule has 0 saturated heterocycles. The Kier molecular flexibility index (Phi) is 77.0. The second kappa shape index (κ2) is 38.5. The molecule has 22 heavy (non-hydrogen) atoms. The summed E-state index contributed by atoms with van der Waals surface area (Å²) in [6.45, 7) is 0. The van der Waals surface area contributed by atoms with E-state index in [-0.39, 0.29) is 33.0 Å². The van der Waals surface area contributed by atoms with Crippen LogP contribution >= 0.6 is 9.90 Å². The SMILES string of the molecule is P.[Mg+2].[O-][Cl+2]([O-])O.[O-][Cl+2]([O-])O.[O-][Cl+2]([O-])O.[O-][Cl+2]([O-])[O-].[O-][Cl+2]([O-])[O-]. The first-order valence-electron chi connectivity index (χ1n) is 2.36. The molecule has 0 heterocycles. The normalized spacial score (nSPS) is 8.18. The summed E-state index contributed by atoms with van der Waals surface area (Å²) in [5.74, 6) is 0. The standard InChI is InChI=1S/3ClHO3.2ClO3.Mg.H3P/c5*2-1(3)4;;/h3*2H;;;;1H3/q;;;2*-1;+2;. The van der Waals surface area contributed by atoms with Gasteiger partial charge >= 0.3 is 23.1 Å². The topological polar surface area (TPSA) is 337 Å². The van der Waals surface area contributed by atoms with E-state index in [1.54, 1.807) is 0 Å². The fourth-order valence-electron chi connectivity index (χ4n) is 0. The monoisotopic (exact) mass is 476 g/mol. The van der Waals surface area contributed by atoms with Gasteiger partial charge in [-0.15, -0.1) is 0 Å². The molecule has 1 atom stereocenters. The number of hydrogen-bond donors (Lipinski definition) is 3. The van der Waals surface area contributed by atoms with Gasteiger partial charge in [-0.1, -0.05) is 0 Å². The Morgan fingerprint density at radius 1 is 0.409 bits per heavy atom. The quantitative estimate of drug-likeness (QED) is 0.215. The molecule has 0 spiro atoms. The summed E-state index contributed by atoms with van der Waals surface area (Å²) in [6, 6.07) is 0.